The second kappa shape index (κ2) is 16.7. The molecule has 0 aliphatic heterocycles. The Labute approximate surface area is 426 Å². The molecule has 14 rings (SSSR count). The van der Waals surface area contributed by atoms with Crippen molar-refractivity contribution in [3.05, 3.63) is 281 Å². The maximum Gasteiger partial charge on any atom is 0.179 e. The Balaban J connectivity index is 1.06. The van der Waals surface area contributed by atoms with Gasteiger partial charge in [0.2, 0.25) is 0 Å². The van der Waals surface area contributed by atoms with Crippen molar-refractivity contribution >= 4 is 50.6 Å². The summed E-state index contributed by atoms with van der Waals surface area (Å²) in [4.78, 5) is 0. The summed E-state index contributed by atoms with van der Waals surface area (Å²) >= 11 is 0. The number of benzene rings is 10. The largest absolute Gasteiger partial charge is 0.309 e. The van der Waals surface area contributed by atoms with E-state index in [1.165, 1.54) is 115 Å². The molecule has 2 unspecified atom stereocenters. The molecule has 0 spiro atoms. The number of nitrogens with zero attached hydrogens (tertiary/aromatic N) is 1. The first-order valence-corrected chi connectivity index (χ1v) is 27.8. The molecular weight excluding hydrogens is 883 g/mol. The van der Waals surface area contributed by atoms with E-state index in [1.807, 2.05) is 0 Å². The van der Waals surface area contributed by atoms with Crippen molar-refractivity contribution in [2.24, 2.45) is 0 Å². The standard InChI is InChI=1S/C70H59NSi/c1-69(2,3)49-38-40-62-60(44-49)61-45-50(70(4,5)6)39-41-63(61)71(62)51-26-18-25-48(42-51)55-34-20-35-58-65-56-32-16-17-33-57(56)68(66(55)58)67-59(65)36-21-37-64(67)72(52-27-12-8-13-28-52,53-29-14-9-15-30-53)54-31-19-24-47(43-54)46-22-10-7-11-23-46/h7-45,65,68H,1-6H3. The van der Waals surface area contributed by atoms with Gasteiger partial charge in [0.05, 0.1) is 11.0 Å². The maximum atomic E-state index is 2.52. The van der Waals surface area contributed by atoms with Gasteiger partial charge in [-0.15, -0.1) is 0 Å². The molecule has 3 aliphatic rings. The first-order valence-electron chi connectivity index (χ1n) is 25.8. The molecule has 72 heavy (non-hydrogen) atoms. The summed E-state index contributed by atoms with van der Waals surface area (Å²) in [6.07, 6.45) is 0. The van der Waals surface area contributed by atoms with Gasteiger partial charge in [0.15, 0.2) is 8.07 Å². The third-order valence-corrected chi connectivity index (χ3v) is 21.0. The van der Waals surface area contributed by atoms with E-state index in [9.17, 15) is 0 Å². The summed E-state index contributed by atoms with van der Waals surface area (Å²) in [5.74, 6) is 0.114. The molecule has 1 heterocycles. The van der Waals surface area contributed by atoms with Gasteiger partial charge in [-0.05, 0) is 135 Å². The number of fused-ring (bicyclic) bond motifs is 3. The van der Waals surface area contributed by atoms with Crippen LogP contribution in [0.3, 0.4) is 0 Å². The van der Waals surface area contributed by atoms with Crippen LogP contribution in [0.2, 0.25) is 0 Å². The Morgan fingerprint density at radius 3 is 1.43 bits per heavy atom. The number of aromatic nitrogens is 1. The van der Waals surface area contributed by atoms with Gasteiger partial charge in [0.25, 0.3) is 0 Å². The van der Waals surface area contributed by atoms with E-state index in [4.69, 9.17) is 0 Å². The summed E-state index contributed by atoms with van der Waals surface area (Å²) in [5, 5.41) is 8.25. The summed E-state index contributed by atoms with van der Waals surface area (Å²) in [7, 11) is -3.05. The molecule has 2 heteroatoms. The van der Waals surface area contributed by atoms with Gasteiger partial charge in [-0.1, -0.05) is 242 Å². The highest BCUT2D eigenvalue weighted by Crippen LogP contribution is 2.57. The Morgan fingerprint density at radius 2 is 0.819 bits per heavy atom. The highest BCUT2D eigenvalue weighted by molar-refractivity contribution is 7.20. The normalized spacial score (nSPS) is 15.1. The molecule has 0 radical (unpaired) electrons. The van der Waals surface area contributed by atoms with Gasteiger partial charge in [-0.2, -0.15) is 0 Å². The van der Waals surface area contributed by atoms with E-state index in [-0.39, 0.29) is 22.7 Å². The van der Waals surface area contributed by atoms with Crippen molar-refractivity contribution in [2.75, 3.05) is 0 Å². The van der Waals surface area contributed by atoms with Crippen LogP contribution in [0.25, 0.3) is 49.7 Å². The lowest BCUT2D eigenvalue weighted by molar-refractivity contribution is 0.590. The lowest BCUT2D eigenvalue weighted by Crippen LogP contribution is -2.75. The Kier molecular flexibility index (Phi) is 10.2. The minimum absolute atomic E-state index is 0.0174. The van der Waals surface area contributed by atoms with Crippen molar-refractivity contribution in [1.29, 1.82) is 0 Å². The van der Waals surface area contributed by atoms with Crippen LogP contribution in [-0.2, 0) is 10.8 Å². The van der Waals surface area contributed by atoms with E-state index in [0.717, 1.165) is 0 Å². The highest BCUT2D eigenvalue weighted by Gasteiger charge is 2.50. The van der Waals surface area contributed by atoms with Gasteiger partial charge >= 0.3 is 0 Å². The van der Waals surface area contributed by atoms with Crippen molar-refractivity contribution in [2.45, 2.75) is 64.2 Å². The van der Waals surface area contributed by atoms with Crippen LogP contribution < -0.4 is 20.7 Å². The van der Waals surface area contributed by atoms with Crippen LogP contribution in [0.15, 0.2) is 237 Å². The van der Waals surface area contributed by atoms with Crippen LogP contribution in [0, 0.1) is 0 Å². The van der Waals surface area contributed by atoms with Crippen LogP contribution >= 0.6 is 0 Å². The molecule has 0 saturated heterocycles. The summed E-state index contributed by atoms with van der Waals surface area (Å²) < 4.78 is 2.51. The Hall–Kier alpha value is -7.78. The molecule has 0 N–H and O–H groups in total. The third kappa shape index (κ3) is 6.80. The van der Waals surface area contributed by atoms with Gasteiger partial charge < -0.3 is 4.57 Å². The van der Waals surface area contributed by atoms with E-state index in [1.54, 1.807) is 0 Å². The van der Waals surface area contributed by atoms with Crippen molar-refractivity contribution in [3.8, 4) is 27.9 Å². The zero-order valence-electron chi connectivity index (χ0n) is 42.1. The van der Waals surface area contributed by atoms with E-state index >= 15 is 0 Å². The predicted molar refractivity (Wildman–Crippen MR) is 307 cm³/mol. The fourth-order valence-corrected chi connectivity index (χ4v) is 17.9. The van der Waals surface area contributed by atoms with Gasteiger partial charge in [-0.25, -0.2) is 0 Å². The zero-order chi connectivity index (χ0) is 48.9. The number of rotatable bonds is 7. The number of hydrogen-bond donors (Lipinski definition) is 0. The minimum Gasteiger partial charge on any atom is -0.309 e. The molecule has 2 atom stereocenters. The predicted octanol–water partition coefficient (Wildman–Crippen LogP) is 15.1. The zero-order valence-corrected chi connectivity index (χ0v) is 43.1. The molecule has 1 aromatic heterocycles. The first-order chi connectivity index (χ1) is 35.0. The molecule has 1 nitrogen and oxygen atoms in total. The maximum absolute atomic E-state index is 3.05. The average Bonchev–Trinajstić information content (AvgIpc) is 3.74. The molecule has 0 amide bonds. The van der Waals surface area contributed by atoms with Crippen molar-refractivity contribution < 1.29 is 0 Å². The molecule has 0 saturated carbocycles. The van der Waals surface area contributed by atoms with Gasteiger partial charge in [0, 0.05) is 28.3 Å². The van der Waals surface area contributed by atoms with Gasteiger partial charge in [-0.3, -0.25) is 0 Å². The summed E-state index contributed by atoms with van der Waals surface area (Å²) in [6.45, 7) is 13.9. The first kappa shape index (κ1) is 44.2. The van der Waals surface area contributed by atoms with Crippen LogP contribution in [-0.4, -0.2) is 12.6 Å². The monoisotopic (exact) mass is 941 g/mol. The smallest absolute Gasteiger partial charge is 0.179 e. The van der Waals surface area contributed by atoms with E-state index < -0.39 is 8.07 Å². The van der Waals surface area contributed by atoms with E-state index in [0.29, 0.717) is 0 Å². The molecule has 0 fully saturated rings. The second-order valence-electron chi connectivity index (χ2n) is 22.4. The summed E-state index contributed by atoms with van der Waals surface area (Å²) in [6, 6.07) is 91.0. The molecule has 10 aromatic carbocycles. The van der Waals surface area contributed by atoms with Gasteiger partial charge in [0.1, 0.15) is 0 Å². The van der Waals surface area contributed by atoms with Crippen LogP contribution in [0.1, 0.15) is 97.9 Å². The minimum atomic E-state index is -3.05. The fraction of sp³-hybridized carbons (Fsp3) is 0.143. The van der Waals surface area contributed by atoms with Crippen LogP contribution in [0.4, 0.5) is 0 Å². The van der Waals surface area contributed by atoms with Crippen LogP contribution in [0.5, 0.6) is 0 Å². The number of hydrogen-bond acceptors (Lipinski definition) is 0. The topological polar surface area (TPSA) is 4.93 Å². The van der Waals surface area contributed by atoms with Crippen molar-refractivity contribution in [3.63, 3.8) is 0 Å². The SMILES string of the molecule is CC(C)(C)c1ccc2c(c1)c1cc(C(C)(C)C)ccc1n2-c1cccc(-c2cccc3c2C2c4ccccc4C3c3cccc([Si](c4ccccc4)(c4ccccc4)c4cccc(-c5ccccc5)c4)c32)c1. The molecule has 11 aromatic rings. The lowest BCUT2D eigenvalue weighted by atomic mass is 9.60. The second-order valence-corrected chi connectivity index (χ2v) is 26.2. The van der Waals surface area contributed by atoms with E-state index in [2.05, 4.69) is 283 Å². The fourth-order valence-electron chi connectivity index (χ4n) is 12.8. The molecule has 348 valence electrons. The average molecular weight is 942 g/mol. The quantitative estimate of drug-likeness (QED) is 0.111. The van der Waals surface area contributed by atoms with Crippen molar-refractivity contribution in [1.82, 2.24) is 4.57 Å². The molecule has 2 bridgehead atoms. The third-order valence-electron chi connectivity index (χ3n) is 16.2. The highest BCUT2D eigenvalue weighted by atomic mass is 28.3. The molecule has 3 aliphatic carbocycles. The molecular formula is C70H59NSi. The Morgan fingerprint density at radius 1 is 0.347 bits per heavy atom. The Bertz CT molecular complexity index is 3770. The summed E-state index contributed by atoms with van der Waals surface area (Å²) in [5.41, 5.74) is 20.1. The lowest BCUT2D eigenvalue weighted by Gasteiger charge is -2.47.